The van der Waals surface area contributed by atoms with E-state index in [1.807, 2.05) is 13.2 Å². The molecule has 0 saturated heterocycles. The van der Waals surface area contributed by atoms with Gasteiger partial charge in [0, 0.05) is 13.1 Å². The molecule has 0 spiro atoms. The molecule has 0 saturated carbocycles. The van der Waals surface area contributed by atoms with Crippen LogP contribution in [0, 0.1) is 0 Å². The standard InChI is InChI=1S/C8H15BrN4O2S2/c1-6(4-5-16-3)11-17(14,15)8-7(9)10-12-13(8)2/h6,11H,4-5H2,1-3H3. The fourth-order valence-electron chi connectivity index (χ4n) is 1.28. The highest BCUT2D eigenvalue weighted by molar-refractivity contribution is 9.10. The van der Waals surface area contributed by atoms with E-state index >= 15 is 0 Å². The first kappa shape index (κ1) is 14.9. The van der Waals surface area contributed by atoms with Gasteiger partial charge in [-0.1, -0.05) is 5.21 Å². The lowest BCUT2D eigenvalue weighted by atomic mass is 10.3. The first-order valence-electron chi connectivity index (χ1n) is 4.95. The van der Waals surface area contributed by atoms with Gasteiger partial charge in [-0.05, 0) is 41.3 Å². The monoisotopic (exact) mass is 342 g/mol. The Kier molecular flexibility index (Phi) is 5.42. The van der Waals surface area contributed by atoms with Crippen LogP contribution in [0.15, 0.2) is 9.63 Å². The number of aromatic nitrogens is 3. The molecule has 1 aromatic rings. The maximum Gasteiger partial charge on any atom is 0.260 e. The van der Waals surface area contributed by atoms with Gasteiger partial charge in [-0.25, -0.2) is 17.8 Å². The highest BCUT2D eigenvalue weighted by Crippen LogP contribution is 2.18. The van der Waals surface area contributed by atoms with Gasteiger partial charge in [0.15, 0.2) is 4.60 Å². The van der Waals surface area contributed by atoms with E-state index in [0.717, 1.165) is 12.2 Å². The Morgan fingerprint density at radius 1 is 1.59 bits per heavy atom. The summed E-state index contributed by atoms with van der Waals surface area (Å²) in [5, 5.41) is 7.36. The fourth-order valence-corrected chi connectivity index (χ4v) is 4.24. The summed E-state index contributed by atoms with van der Waals surface area (Å²) < 4.78 is 28.2. The first-order valence-corrected chi connectivity index (χ1v) is 8.62. The van der Waals surface area contributed by atoms with Gasteiger partial charge in [-0.15, -0.1) is 5.10 Å². The van der Waals surface area contributed by atoms with Crippen LogP contribution in [-0.4, -0.2) is 41.5 Å². The third-order valence-electron chi connectivity index (χ3n) is 2.10. The molecule has 1 aromatic heterocycles. The van der Waals surface area contributed by atoms with Crippen molar-refractivity contribution in [3.63, 3.8) is 0 Å². The maximum absolute atomic E-state index is 12.1. The molecule has 1 heterocycles. The van der Waals surface area contributed by atoms with Crippen molar-refractivity contribution >= 4 is 37.7 Å². The van der Waals surface area contributed by atoms with Crippen molar-refractivity contribution in [1.82, 2.24) is 19.7 Å². The molecule has 0 aliphatic carbocycles. The van der Waals surface area contributed by atoms with Gasteiger partial charge in [-0.3, -0.25) is 0 Å². The molecular formula is C8H15BrN4O2S2. The Morgan fingerprint density at radius 2 is 2.24 bits per heavy atom. The smallest absolute Gasteiger partial charge is 0.235 e. The number of halogens is 1. The number of nitrogens with one attached hydrogen (secondary N) is 1. The molecule has 0 amide bonds. The number of aryl methyl sites for hydroxylation is 1. The van der Waals surface area contributed by atoms with E-state index in [9.17, 15) is 8.42 Å². The highest BCUT2D eigenvalue weighted by atomic mass is 79.9. The van der Waals surface area contributed by atoms with Crippen LogP contribution in [0.5, 0.6) is 0 Å². The zero-order valence-electron chi connectivity index (χ0n) is 9.84. The molecular weight excluding hydrogens is 328 g/mol. The zero-order chi connectivity index (χ0) is 13.1. The maximum atomic E-state index is 12.1. The van der Waals surface area contributed by atoms with Crippen molar-refractivity contribution in [2.75, 3.05) is 12.0 Å². The van der Waals surface area contributed by atoms with Crippen LogP contribution in [0.2, 0.25) is 0 Å². The predicted octanol–water partition coefficient (Wildman–Crippen LogP) is 0.998. The minimum Gasteiger partial charge on any atom is -0.235 e. The van der Waals surface area contributed by atoms with Crippen LogP contribution < -0.4 is 4.72 Å². The number of hydrogen-bond donors (Lipinski definition) is 1. The predicted molar refractivity (Wildman–Crippen MR) is 71.5 cm³/mol. The van der Waals surface area contributed by atoms with Crippen molar-refractivity contribution in [2.45, 2.75) is 24.4 Å². The van der Waals surface area contributed by atoms with E-state index in [1.54, 1.807) is 18.8 Å². The molecule has 1 atom stereocenters. The summed E-state index contributed by atoms with van der Waals surface area (Å²) in [5.41, 5.74) is 0. The summed E-state index contributed by atoms with van der Waals surface area (Å²) in [6, 6.07) is -0.116. The van der Waals surface area contributed by atoms with Crippen molar-refractivity contribution in [3.8, 4) is 0 Å². The third kappa shape index (κ3) is 3.94. The second-order valence-electron chi connectivity index (χ2n) is 3.61. The molecule has 1 unspecified atom stereocenters. The van der Waals surface area contributed by atoms with Crippen LogP contribution in [-0.2, 0) is 17.1 Å². The van der Waals surface area contributed by atoms with Crippen molar-refractivity contribution in [2.24, 2.45) is 7.05 Å². The molecule has 17 heavy (non-hydrogen) atoms. The van der Waals surface area contributed by atoms with Crippen LogP contribution in [0.1, 0.15) is 13.3 Å². The highest BCUT2D eigenvalue weighted by Gasteiger charge is 2.25. The average molecular weight is 343 g/mol. The zero-order valence-corrected chi connectivity index (χ0v) is 13.1. The SMILES string of the molecule is CSCCC(C)NS(=O)(=O)c1c(Br)nnn1C. The molecule has 0 aliphatic heterocycles. The van der Waals surface area contributed by atoms with Gasteiger partial charge in [0.05, 0.1) is 0 Å². The van der Waals surface area contributed by atoms with Crippen LogP contribution >= 0.6 is 27.7 Å². The second kappa shape index (κ2) is 6.17. The Labute approximate surface area is 114 Å². The van der Waals surface area contributed by atoms with Gasteiger partial charge < -0.3 is 0 Å². The Hall–Kier alpha value is -0.120. The molecule has 6 nitrogen and oxygen atoms in total. The Morgan fingerprint density at radius 3 is 2.71 bits per heavy atom. The molecule has 9 heteroatoms. The molecule has 98 valence electrons. The van der Waals surface area contributed by atoms with Crippen molar-refractivity contribution in [1.29, 1.82) is 0 Å². The van der Waals surface area contributed by atoms with E-state index in [4.69, 9.17) is 0 Å². The van der Waals surface area contributed by atoms with Gasteiger partial charge in [-0.2, -0.15) is 11.8 Å². The van der Waals surface area contributed by atoms with Crippen molar-refractivity contribution < 1.29 is 8.42 Å². The summed E-state index contributed by atoms with van der Waals surface area (Å²) in [6.45, 7) is 1.84. The van der Waals surface area contributed by atoms with Crippen LogP contribution in [0.4, 0.5) is 0 Å². The van der Waals surface area contributed by atoms with Gasteiger partial charge in [0.2, 0.25) is 5.03 Å². The molecule has 1 rings (SSSR count). The molecule has 0 bridgehead atoms. The quantitative estimate of drug-likeness (QED) is 0.834. The number of thioether (sulfide) groups is 1. The van der Waals surface area contributed by atoms with Gasteiger partial charge in [0.1, 0.15) is 0 Å². The van der Waals surface area contributed by atoms with E-state index in [0.29, 0.717) is 0 Å². The fraction of sp³-hybridized carbons (Fsp3) is 0.750. The molecule has 0 aliphatic rings. The van der Waals surface area contributed by atoms with Crippen LogP contribution in [0.3, 0.4) is 0 Å². The molecule has 0 fully saturated rings. The van der Waals surface area contributed by atoms with E-state index < -0.39 is 10.0 Å². The Balaban J connectivity index is 2.83. The Bertz CT molecular complexity index is 454. The normalized spacial score (nSPS) is 13.9. The number of sulfonamides is 1. The number of hydrogen-bond acceptors (Lipinski definition) is 5. The van der Waals surface area contributed by atoms with Gasteiger partial charge >= 0.3 is 0 Å². The molecule has 0 radical (unpaired) electrons. The third-order valence-corrected chi connectivity index (χ3v) is 5.22. The lowest BCUT2D eigenvalue weighted by Crippen LogP contribution is -2.34. The summed E-state index contributed by atoms with van der Waals surface area (Å²) >= 11 is 4.76. The molecule has 1 N–H and O–H groups in total. The van der Waals surface area contributed by atoms with E-state index in [1.165, 1.54) is 4.68 Å². The van der Waals surface area contributed by atoms with Crippen molar-refractivity contribution in [3.05, 3.63) is 4.60 Å². The van der Waals surface area contributed by atoms with Crippen LogP contribution in [0.25, 0.3) is 0 Å². The second-order valence-corrected chi connectivity index (χ2v) is 6.98. The molecule has 0 aromatic carbocycles. The summed E-state index contributed by atoms with van der Waals surface area (Å²) in [7, 11) is -2.04. The van der Waals surface area contributed by atoms with E-state index in [2.05, 4.69) is 31.0 Å². The average Bonchev–Trinajstić information content (AvgIpc) is 2.55. The largest absolute Gasteiger partial charge is 0.260 e. The number of rotatable bonds is 6. The minimum absolute atomic E-state index is 0.0495. The topological polar surface area (TPSA) is 76.9 Å². The van der Waals surface area contributed by atoms with Gasteiger partial charge in [0.25, 0.3) is 10.0 Å². The first-order chi connectivity index (χ1) is 7.88. The summed E-state index contributed by atoms with van der Waals surface area (Å²) in [4.78, 5) is 0. The minimum atomic E-state index is -3.58. The van der Waals surface area contributed by atoms with E-state index in [-0.39, 0.29) is 15.7 Å². The summed E-state index contributed by atoms with van der Waals surface area (Å²) in [5.74, 6) is 0.911. The number of nitrogens with zero attached hydrogens (tertiary/aromatic N) is 3. The summed E-state index contributed by atoms with van der Waals surface area (Å²) in [6.07, 6.45) is 2.77. The lowest BCUT2D eigenvalue weighted by molar-refractivity contribution is 0.540. The lowest BCUT2D eigenvalue weighted by Gasteiger charge is -2.13.